The van der Waals surface area contributed by atoms with E-state index in [1.807, 2.05) is 4.90 Å². The highest BCUT2D eigenvalue weighted by Crippen LogP contribution is 2.23. The maximum atomic E-state index is 12.5. The minimum atomic E-state index is -0.151. The van der Waals surface area contributed by atoms with Crippen LogP contribution in [0.25, 0.3) is 0 Å². The van der Waals surface area contributed by atoms with Gasteiger partial charge in [-0.2, -0.15) is 0 Å². The molecule has 4 rings (SSSR count). The number of aryl methyl sites for hydroxylation is 2. The van der Waals surface area contributed by atoms with Crippen molar-refractivity contribution in [3.8, 4) is 0 Å². The van der Waals surface area contributed by atoms with E-state index < -0.39 is 0 Å². The number of nitrogens with one attached hydrogen (secondary N) is 1. The zero-order valence-electron chi connectivity index (χ0n) is 17.2. The van der Waals surface area contributed by atoms with Crippen LogP contribution in [-0.4, -0.2) is 44.3 Å². The molecular weight excluding hydrogens is 366 g/mol. The third kappa shape index (κ3) is 4.66. The molecule has 0 spiro atoms. The Balaban J connectivity index is 1.32. The molecule has 2 fully saturated rings. The molecule has 1 aliphatic carbocycles. The van der Waals surface area contributed by atoms with Crippen LogP contribution in [0.1, 0.15) is 59.3 Å². The summed E-state index contributed by atoms with van der Waals surface area (Å²) in [4.78, 5) is 26.7. The third-order valence-corrected chi connectivity index (χ3v) is 6.15. The van der Waals surface area contributed by atoms with E-state index in [4.69, 9.17) is 0 Å². The van der Waals surface area contributed by atoms with Crippen LogP contribution in [0.4, 0.5) is 0 Å². The molecule has 29 heavy (non-hydrogen) atoms. The molecule has 154 valence electrons. The fourth-order valence-corrected chi connectivity index (χ4v) is 4.34. The minimum Gasteiger partial charge on any atom is -0.348 e. The lowest BCUT2D eigenvalue weighted by atomic mass is 10.1. The van der Waals surface area contributed by atoms with Crippen molar-refractivity contribution in [1.82, 2.24) is 25.2 Å². The van der Waals surface area contributed by atoms with Gasteiger partial charge in [-0.05, 0) is 43.4 Å². The Labute approximate surface area is 171 Å². The number of amides is 2. The first-order valence-corrected chi connectivity index (χ1v) is 10.5. The van der Waals surface area contributed by atoms with E-state index in [1.54, 1.807) is 10.9 Å². The molecule has 0 radical (unpaired) electrons. The van der Waals surface area contributed by atoms with E-state index in [1.165, 1.54) is 24.0 Å². The SMILES string of the molecule is Cc1ccc(CN2CC(Cn3cc(C(=O)NC4CCCC4)nn3)CC2=O)cc1C. The van der Waals surface area contributed by atoms with Gasteiger partial charge in [0.1, 0.15) is 0 Å². The lowest BCUT2D eigenvalue weighted by molar-refractivity contribution is -0.128. The fourth-order valence-electron chi connectivity index (χ4n) is 4.34. The Morgan fingerprint density at radius 2 is 2.00 bits per heavy atom. The number of benzene rings is 1. The van der Waals surface area contributed by atoms with E-state index in [2.05, 4.69) is 47.7 Å². The molecular formula is C22H29N5O2. The molecule has 0 bridgehead atoms. The number of rotatable bonds is 6. The Kier molecular flexibility index (Phi) is 5.65. The molecule has 7 nitrogen and oxygen atoms in total. The van der Waals surface area contributed by atoms with E-state index in [9.17, 15) is 9.59 Å². The van der Waals surface area contributed by atoms with Crippen molar-refractivity contribution >= 4 is 11.8 Å². The van der Waals surface area contributed by atoms with E-state index in [-0.39, 0.29) is 23.8 Å². The molecule has 1 unspecified atom stereocenters. The van der Waals surface area contributed by atoms with Crippen LogP contribution in [0.5, 0.6) is 0 Å². The highest BCUT2D eigenvalue weighted by Gasteiger charge is 2.30. The molecule has 2 heterocycles. The van der Waals surface area contributed by atoms with Gasteiger partial charge >= 0.3 is 0 Å². The van der Waals surface area contributed by atoms with Gasteiger partial charge < -0.3 is 10.2 Å². The van der Waals surface area contributed by atoms with Crippen molar-refractivity contribution in [2.45, 2.75) is 65.1 Å². The van der Waals surface area contributed by atoms with Crippen molar-refractivity contribution in [3.63, 3.8) is 0 Å². The Morgan fingerprint density at radius 1 is 1.21 bits per heavy atom. The maximum Gasteiger partial charge on any atom is 0.273 e. The zero-order valence-corrected chi connectivity index (χ0v) is 17.2. The van der Waals surface area contributed by atoms with Gasteiger partial charge in [0.2, 0.25) is 5.91 Å². The first kappa shape index (κ1) is 19.6. The molecule has 1 aromatic carbocycles. The number of nitrogens with zero attached hydrogens (tertiary/aromatic N) is 4. The van der Waals surface area contributed by atoms with Crippen molar-refractivity contribution in [3.05, 3.63) is 46.8 Å². The number of carbonyl (C=O) groups is 2. The van der Waals surface area contributed by atoms with Crippen LogP contribution in [-0.2, 0) is 17.9 Å². The zero-order chi connectivity index (χ0) is 20.4. The lowest BCUT2D eigenvalue weighted by Gasteiger charge is -2.17. The summed E-state index contributed by atoms with van der Waals surface area (Å²) in [6.07, 6.45) is 6.63. The first-order chi connectivity index (χ1) is 14.0. The molecule has 1 saturated carbocycles. The number of carbonyl (C=O) groups excluding carboxylic acids is 2. The molecule has 1 aromatic heterocycles. The summed E-state index contributed by atoms with van der Waals surface area (Å²) >= 11 is 0. The van der Waals surface area contributed by atoms with Crippen molar-refractivity contribution in [2.75, 3.05) is 6.54 Å². The summed E-state index contributed by atoms with van der Waals surface area (Å²) in [7, 11) is 0. The second-order valence-corrected chi connectivity index (χ2v) is 8.54. The van der Waals surface area contributed by atoms with Gasteiger partial charge in [0.05, 0.1) is 6.20 Å². The third-order valence-electron chi connectivity index (χ3n) is 6.15. The molecule has 2 aliphatic rings. The van der Waals surface area contributed by atoms with Crippen LogP contribution >= 0.6 is 0 Å². The molecule has 1 atom stereocenters. The average molecular weight is 396 g/mol. The summed E-state index contributed by atoms with van der Waals surface area (Å²) in [6.45, 7) is 6.13. The Hall–Kier alpha value is -2.70. The van der Waals surface area contributed by atoms with Crippen LogP contribution in [0, 0.1) is 19.8 Å². The van der Waals surface area contributed by atoms with E-state index >= 15 is 0 Å². The minimum absolute atomic E-state index is 0.151. The molecule has 1 saturated heterocycles. The van der Waals surface area contributed by atoms with E-state index in [0.717, 1.165) is 18.4 Å². The predicted molar refractivity (Wildman–Crippen MR) is 109 cm³/mol. The summed E-state index contributed by atoms with van der Waals surface area (Å²) in [6, 6.07) is 6.62. The number of hydrogen-bond acceptors (Lipinski definition) is 4. The topological polar surface area (TPSA) is 80.1 Å². The van der Waals surface area contributed by atoms with Gasteiger partial charge in [-0.15, -0.1) is 5.10 Å². The van der Waals surface area contributed by atoms with Crippen LogP contribution in [0.3, 0.4) is 0 Å². The number of likely N-dealkylation sites (tertiary alicyclic amines) is 1. The highest BCUT2D eigenvalue weighted by molar-refractivity contribution is 5.92. The van der Waals surface area contributed by atoms with Crippen LogP contribution < -0.4 is 5.32 Å². The summed E-state index contributed by atoms with van der Waals surface area (Å²) in [5, 5.41) is 11.2. The van der Waals surface area contributed by atoms with Gasteiger partial charge in [-0.25, -0.2) is 0 Å². The average Bonchev–Trinajstić information content (AvgIpc) is 3.42. The van der Waals surface area contributed by atoms with Crippen molar-refractivity contribution < 1.29 is 9.59 Å². The summed E-state index contributed by atoms with van der Waals surface area (Å²) in [5.74, 6) is 0.205. The van der Waals surface area contributed by atoms with Gasteiger partial charge in [0.15, 0.2) is 5.69 Å². The molecule has 1 aliphatic heterocycles. The van der Waals surface area contributed by atoms with Crippen LogP contribution in [0.2, 0.25) is 0 Å². The lowest BCUT2D eigenvalue weighted by Crippen LogP contribution is -2.32. The monoisotopic (exact) mass is 395 g/mol. The van der Waals surface area contributed by atoms with Gasteiger partial charge in [-0.1, -0.05) is 36.3 Å². The first-order valence-electron chi connectivity index (χ1n) is 10.5. The van der Waals surface area contributed by atoms with E-state index in [0.29, 0.717) is 31.7 Å². The predicted octanol–water partition coefficient (Wildman–Crippen LogP) is 2.62. The second-order valence-electron chi connectivity index (χ2n) is 8.54. The maximum absolute atomic E-state index is 12.5. The van der Waals surface area contributed by atoms with Gasteiger partial charge in [0.25, 0.3) is 5.91 Å². The summed E-state index contributed by atoms with van der Waals surface area (Å²) < 4.78 is 1.70. The molecule has 1 N–H and O–H groups in total. The smallest absolute Gasteiger partial charge is 0.273 e. The fraction of sp³-hybridized carbons (Fsp3) is 0.545. The standard InChI is InChI=1S/C22H29N5O2/c1-15-7-8-17(9-16(15)2)11-26-12-18(10-21(26)28)13-27-14-20(24-25-27)22(29)23-19-5-3-4-6-19/h7-9,14,18-19H,3-6,10-13H2,1-2H3,(H,23,29). The van der Waals surface area contributed by atoms with Crippen molar-refractivity contribution in [2.24, 2.45) is 5.92 Å². The highest BCUT2D eigenvalue weighted by atomic mass is 16.2. The van der Waals surface area contributed by atoms with Crippen LogP contribution in [0.15, 0.2) is 24.4 Å². The number of hydrogen-bond donors (Lipinski definition) is 1. The molecule has 7 heteroatoms. The van der Waals surface area contributed by atoms with Gasteiger partial charge in [0, 0.05) is 38.0 Å². The molecule has 2 amide bonds. The summed E-state index contributed by atoms with van der Waals surface area (Å²) in [5.41, 5.74) is 4.02. The van der Waals surface area contributed by atoms with Gasteiger partial charge in [-0.3, -0.25) is 14.3 Å². The quantitative estimate of drug-likeness (QED) is 0.815. The second kappa shape index (κ2) is 8.35. The Morgan fingerprint density at radius 3 is 2.76 bits per heavy atom. The largest absolute Gasteiger partial charge is 0.348 e. The Bertz CT molecular complexity index is 900. The molecule has 2 aromatic rings. The number of aromatic nitrogens is 3. The van der Waals surface area contributed by atoms with Crippen molar-refractivity contribution in [1.29, 1.82) is 0 Å². The normalized spacial score (nSPS) is 19.9.